The van der Waals surface area contributed by atoms with Crippen LogP contribution in [0, 0.1) is 0 Å². The van der Waals surface area contributed by atoms with Gasteiger partial charge in [-0.25, -0.2) is 4.98 Å². The van der Waals surface area contributed by atoms with Crippen molar-refractivity contribution in [3.63, 3.8) is 0 Å². The Labute approximate surface area is 115 Å². The van der Waals surface area contributed by atoms with Gasteiger partial charge in [0.2, 0.25) is 0 Å². The van der Waals surface area contributed by atoms with Crippen LogP contribution in [-0.2, 0) is 6.54 Å². The fourth-order valence-electron chi connectivity index (χ4n) is 2.48. The summed E-state index contributed by atoms with van der Waals surface area (Å²) in [5.41, 5.74) is 8.62. The number of fused-ring (bicyclic) bond motifs is 1. The number of aromatic nitrogens is 2. The number of hydrogen-bond acceptors (Lipinski definition) is 2. The molecule has 2 aromatic rings. The molecule has 0 aliphatic rings. The van der Waals surface area contributed by atoms with Crippen molar-refractivity contribution in [2.45, 2.75) is 58.5 Å². The molecule has 0 saturated heterocycles. The summed E-state index contributed by atoms with van der Waals surface area (Å²) in [6.45, 7) is 5.44. The fourth-order valence-corrected chi connectivity index (χ4v) is 2.48. The highest BCUT2D eigenvalue weighted by molar-refractivity contribution is 5.76. The Morgan fingerprint density at radius 2 is 1.89 bits per heavy atom. The summed E-state index contributed by atoms with van der Waals surface area (Å²) in [5.74, 6) is 1.06. The van der Waals surface area contributed by atoms with Crippen molar-refractivity contribution in [2.75, 3.05) is 0 Å². The van der Waals surface area contributed by atoms with Crippen LogP contribution < -0.4 is 5.73 Å². The molecule has 0 aliphatic carbocycles. The Hall–Kier alpha value is -1.35. The van der Waals surface area contributed by atoms with Gasteiger partial charge in [0.1, 0.15) is 5.82 Å². The lowest BCUT2D eigenvalue weighted by Crippen LogP contribution is -2.17. The van der Waals surface area contributed by atoms with Crippen molar-refractivity contribution >= 4 is 11.0 Å². The lowest BCUT2D eigenvalue weighted by atomic mass is 10.1. The minimum absolute atomic E-state index is 0.0595. The number of unbranched alkanes of at least 4 members (excludes halogenated alkanes) is 2. The zero-order valence-electron chi connectivity index (χ0n) is 12.1. The monoisotopic (exact) mass is 259 g/mol. The Morgan fingerprint density at radius 3 is 2.63 bits per heavy atom. The number of para-hydroxylation sites is 2. The van der Waals surface area contributed by atoms with Crippen LogP contribution in [0.4, 0.5) is 0 Å². The average Bonchev–Trinajstić information content (AvgIpc) is 2.81. The summed E-state index contributed by atoms with van der Waals surface area (Å²) < 4.78 is 2.32. The third kappa shape index (κ3) is 3.16. The number of imidazole rings is 1. The molecule has 0 fully saturated rings. The molecule has 0 amide bonds. The fraction of sp³-hybridized carbons (Fsp3) is 0.562. The molecule has 1 aromatic heterocycles. The first-order chi connectivity index (χ1) is 9.27. The second kappa shape index (κ2) is 6.71. The van der Waals surface area contributed by atoms with Crippen molar-refractivity contribution in [1.29, 1.82) is 0 Å². The van der Waals surface area contributed by atoms with Gasteiger partial charge in [-0.1, -0.05) is 45.2 Å². The van der Waals surface area contributed by atoms with Gasteiger partial charge in [0, 0.05) is 6.54 Å². The van der Waals surface area contributed by atoms with Gasteiger partial charge < -0.3 is 10.3 Å². The van der Waals surface area contributed by atoms with Gasteiger partial charge in [-0.05, 0) is 25.0 Å². The van der Waals surface area contributed by atoms with Gasteiger partial charge in [0.05, 0.1) is 17.1 Å². The second-order valence-corrected chi connectivity index (χ2v) is 5.21. The zero-order valence-corrected chi connectivity index (χ0v) is 12.1. The first kappa shape index (κ1) is 14.1. The van der Waals surface area contributed by atoms with Crippen LogP contribution in [-0.4, -0.2) is 9.55 Å². The molecule has 2 rings (SSSR count). The van der Waals surface area contributed by atoms with Crippen LogP contribution in [0.25, 0.3) is 11.0 Å². The van der Waals surface area contributed by atoms with E-state index >= 15 is 0 Å². The highest BCUT2D eigenvalue weighted by Crippen LogP contribution is 2.23. The van der Waals surface area contributed by atoms with Gasteiger partial charge in [-0.3, -0.25) is 0 Å². The van der Waals surface area contributed by atoms with Gasteiger partial charge in [0.25, 0.3) is 0 Å². The third-order valence-corrected chi connectivity index (χ3v) is 3.62. The maximum atomic E-state index is 6.33. The molecule has 1 aromatic carbocycles. The highest BCUT2D eigenvalue weighted by Gasteiger charge is 2.15. The molecule has 0 bridgehead atoms. The standard InChI is InChI=1S/C16H25N3/c1-3-5-9-13(17)16-18-14-10-7-8-11-15(14)19(16)12-6-4-2/h7-8,10-11,13H,3-6,9,12,17H2,1-2H3. The summed E-state index contributed by atoms with van der Waals surface area (Å²) in [5, 5.41) is 0. The summed E-state index contributed by atoms with van der Waals surface area (Å²) in [6, 6.07) is 8.40. The molecule has 0 aliphatic heterocycles. The van der Waals surface area contributed by atoms with E-state index in [0.717, 1.165) is 30.7 Å². The molecule has 1 atom stereocenters. The van der Waals surface area contributed by atoms with Crippen LogP contribution in [0.3, 0.4) is 0 Å². The maximum Gasteiger partial charge on any atom is 0.126 e. The van der Waals surface area contributed by atoms with E-state index in [9.17, 15) is 0 Å². The molecule has 0 radical (unpaired) electrons. The van der Waals surface area contributed by atoms with Crippen molar-refractivity contribution in [3.05, 3.63) is 30.1 Å². The van der Waals surface area contributed by atoms with Gasteiger partial charge in [-0.15, -0.1) is 0 Å². The summed E-state index contributed by atoms with van der Waals surface area (Å²) in [4.78, 5) is 4.76. The molecule has 3 nitrogen and oxygen atoms in total. The maximum absolute atomic E-state index is 6.33. The lowest BCUT2D eigenvalue weighted by molar-refractivity contribution is 0.528. The smallest absolute Gasteiger partial charge is 0.126 e. The Kier molecular flexibility index (Phi) is 4.97. The lowest BCUT2D eigenvalue weighted by Gasteiger charge is -2.14. The van der Waals surface area contributed by atoms with Crippen LogP contribution in [0.2, 0.25) is 0 Å². The van der Waals surface area contributed by atoms with Crippen molar-refractivity contribution in [3.8, 4) is 0 Å². The predicted octanol–water partition coefficient (Wildman–Crippen LogP) is 4.03. The first-order valence-electron chi connectivity index (χ1n) is 7.48. The minimum Gasteiger partial charge on any atom is -0.327 e. The molecular weight excluding hydrogens is 234 g/mol. The van der Waals surface area contributed by atoms with Crippen LogP contribution in [0.5, 0.6) is 0 Å². The first-order valence-corrected chi connectivity index (χ1v) is 7.48. The Morgan fingerprint density at radius 1 is 1.16 bits per heavy atom. The van der Waals surface area contributed by atoms with E-state index < -0.39 is 0 Å². The SMILES string of the molecule is CCCCC(N)c1nc2ccccc2n1CCCC. The minimum atomic E-state index is 0.0595. The quantitative estimate of drug-likeness (QED) is 0.816. The molecule has 1 heterocycles. The average molecular weight is 259 g/mol. The van der Waals surface area contributed by atoms with Gasteiger partial charge in [-0.2, -0.15) is 0 Å². The molecular formula is C16H25N3. The van der Waals surface area contributed by atoms with Crippen LogP contribution in [0.15, 0.2) is 24.3 Å². The van der Waals surface area contributed by atoms with E-state index in [1.54, 1.807) is 0 Å². The van der Waals surface area contributed by atoms with Gasteiger partial charge in [0.15, 0.2) is 0 Å². The summed E-state index contributed by atoms with van der Waals surface area (Å²) >= 11 is 0. The largest absolute Gasteiger partial charge is 0.327 e. The number of hydrogen-bond donors (Lipinski definition) is 1. The number of benzene rings is 1. The van der Waals surface area contributed by atoms with Crippen molar-refractivity contribution < 1.29 is 0 Å². The molecule has 2 N–H and O–H groups in total. The molecule has 104 valence electrons. The number of nitrogens with two attached hydrogens (primary N) is 1. The third-order valence-electron chi connectivity index (χ3n) is 3.62. The van der Waals surface area contributed by atoms with E-state index in [1.165, 1.54) is 24.8 Å². The molecule has 3 heteroatoms. The predicted molar refractivity (Wildman–Crippen MR) is 81.1 cm³/mol. The number of rotatable bonds is 7. The number of aryl methyl sites for hydroxylation is 1. The van der Waals surface area contributed by atoms with E-state index in [4.69, 9.17) is 10.7 Å². The van der Waals surface area contributed by atoms with Crippen molar-refractivity contribution in [1.82, 2.24) is 9.55 Å². The molecule has 0 saturated carbocycles. The normalized spacial score (nSPS) is 13.0. The van der Waals surface area contributed by atoms with Crippen molar-refractivity contribution in [2.24, 2.45) is 5.73 Å². The zero-order chi connectivity index (χ0) is 13.7. The summed E-state index contributed by atoms with van der Waals surface area (Å²) in [6.07, 6.45) is 5.73. The van der Waals surface area contributed by atoms with Crippen LogP contribution in [0.1, 0.15) is 57.8 Å². The molecule has 1 unspecified atom stereocenters. The topological polar surface area (TPSA) is 43.8 Å². The van der Waals surface area contributed by atoms with Gasteiger partial charge >= 0.3 is 0 Å². The molecule has 19 heavy (non-hydrogen) atoms. The van der Waals surface area contributed by atoms with E-state index in [1.807, 2.05) is 6.07 Å². The summed E-state index contributed by atoms with van der Waals surface area (Å²) in [7, 11) is 0. The second-order valence-electron chi connectivity index (χ2n) is 5.21. The van der Waals surface area contributed by atoms with Crippen LogP contribution >= 0.6 is 0 Å². The Bertz CT molecular complexity index is 516. The Balaban J connectivity index is 2.34. The van der Waals surface area contributed by atoms with E-state index in [0.29, 0.717) is 0 Å². The van der Waals surface area contributed by atoms with E-state index in [2.05, 4.69) is 36.6 Å². The highest BCUT2D eigenvalue weighted by atomic mass is 15.1. The molecule has 0 spiro atoms. The van der Waals surface area contributed by atoms with E-state index in [-0.39, 0.29) is 6.04 Å². The number of nitrogens with zero attached hydrogens (tertiary/aromatic N) is 2.